The summed E-state index contributed by atoms with van der Waals surface area (Å²) in [5, 5.41) is 13.0. The summed E-state index contributed by atoms with van der Waals surface area (Å²) in [5.74, 6) is 2.45. The van der Waals surface area contributed by atoms with E-state index < -0.39 is 5.91 Å². The number of nitrogens with zero attached hydrogens (tertiary/aromatic N) is 8. The molecule has 10 heteroatoms. The maximum atomic E-state index is 11.4. The van der Waals surface area contributed by atoms with Crippen molar-refractivity contribution in [3.05, 3.63) is 35.8 Å². The Balaban J connectivity index is 1.68. The highest BCUT2D eigenvalue weighted by atomic mass is 16.1. The van der Waals surface area contributed by atoms with Crippen LogP contribution in [0.1, 0.15) is 67.2 Å². The van der Waals surface area contributed by atoms with E-state index in [4.69, 9.17) is 10.7 Å². The molecule has 4 heterocycles. The van der Waals surface area contributed by atoms with Crippen molar-refractivity contribution in [2.45, 2.75) is 58.0 Å². The number of rotatable bonds is 4. The van der Waals surface area contributed by atoms with Gasteiger partial charge in [0.1, 0.15) is 17.2 Å². The topological polar surface area (TPSA) is 121 Å². The van der Waals surface area contributed by atoms with E-state index in [1.807, 2.05) is 6.92 Å². The van der Waals surface area contributed by atoms with Crippen molar-refractivity contribution in [2.24, 2.45) is 5.73 Å². The van der Waals surface area contributed by atoms with Gasteiger partial charge in [-0.2, -0.15) is 10.1 Å². The van der Waals surface area contributed by atoms with Crippen LogP contribution in [0, 0.1) is 6.92 Å². The van der Waals surface area contributed by atoms with Gasteiger partial charge in [0.15, 0.2) is 11.6 Å². The van der Waals surface area contributed by atoms with Crippen LogP contribution in [0.3, 0.4) is 0 Å². The molecular weight excluding hydrogens is 370 g/mol. The molecule has 5 rings (SSSR count). The van der Waals surface area contributed by atoms with Gasteiger partial charge in [-0.05, 0) is 32.3 Å². The normalized spacial score (nSPS) is 18.7. The Kier molecular flexibility index (Phi) is 4.07. The number of aryl methyl sites for hydroxylation is 1. The molecule has 3 aromatic heterocycles. The monoisotopic (exact) mass is 393 g/mol. The van der Waals surface area contributed by atoms with Gasteiger partial charge in [-0.15, -0.1) is 10.2 Å². The van der Waals surface area contributed by atoms with Gasteiger partial charge in [0.05, 0.1) is 12.2 Å². The summed E-state index contributed by atoms with van der Waals surface area (Å²) in [7, 11) is 0. The molecule has 1 aliphatic heterocycles. The van der Waals surface area contributed by atoms with Gasteiger partial charge in [-0.3, -0.25) is 9.36 Å². The summed E-state index contributed by atoms with van der Waals surface area (Å²) >= 11 is 0. The standard InChI is InChI=1S/C19H23N9O/c1-3-14-18-24-23-11(2)27(18)15-10-21-19(26-9-8-13(25-26)16(20)29)22-17(15)28(14)12-6-4-5-7-12/h8-10,12,14H,3-7H2,1-2H3,(H2,20,29)/t14-/m1/s1. The third kappa shape index (κ3) is 2.70. The summed E-state index contributed by atoms with van der Waals surface area (Å²) in [6, 6.07) is 2.08. The maximum Gasteiger partial charge on any atom is 0.269 e. The minimum atomic E-state index is -0.579. The molecule has 0 spiro atoms. The average Bonchev–Trinajstić information content (AvgIpc) is 3.47. The number of amides is 1. The van der Waals surface area contributed by atoms with E-state index in [1.165, 1.54) is 17.5 Å². The number of anilines is 1. The van der Waals surface area contributed by atoms with Crippen molar-refractivity contribution >= 4 is 11.7 Å². The van der Waals surface area contributed by atoms with E-state index in [9.17, 15) is 4.79 Å². The van der Waals surface area contributed by atoms with Gasteiger partial charge >= 0.3 is 0 Å². The first kappa shape index (κ1) is 17.8. The Hall–Kier alpha value is -3.30. The first-order chi connectivity index (χ1) is 14.1. The van der Waals surface area contributed by atoms with Crippen LogP contribution in [0.25, 0.3) is 11.6 Å². The van der Waals surface area contributed by atoms with Crippen LogP contribution in [-0.4, -0.2) is 46.5 Å². The second-order valence-electron chi connectivity index (χ2n) is 7.60. The van der Waals surface area contributed by atoms with Crippen molar-refractivity contribution in [1.29, 1.82) is 0 Å². The lowest BCUT2D eigenvalue weighted by molar-refractivity contribution is 0.0995. The van der Waals surface area contributed by atoms with E-state index in [1.54, 1.807) is 18.5 Å². The minimum absolute atomic E-state index is 0.105. The lowest BCUT2D eigenvalue weighted by Gasteiger charge is -2.41. The average molecular weight is 393 g/mol. The van der Waals surface area contributed by atoms with Crippen molar-refractivity contribution in [3.8, 4) is 11.6 Å². The molecule has 0 radical (unpaired) electrons. The van der Waals surface area contributed by atoms with E-state index in [2.05, 4.69) is 36.7 Å². The van der Waals surface area contributed by atoms with E-state index in [0.717, 1.165) is 42.4 Å². The van der Waals surface area contributed by atoms with Gasteiger partial charge in [-0.1, -0.05) is 19.8 Å². The van der Waals surface area contributed by atoms with Crippen molar-refractivity contribution in [1.82, 2.24) is 34.5 Å². The molecule has 3 aromatic rings. The number of carbonyl (C=O) groups excluding carboxylic acids is 1. The Morgan fingerprint density at radius 1 is 1.28 bits per heavy atom. The fraction of sp³-hybridized carbons (Fsp3) is 0.474. The number of carbonyl (C=O) groups is 1. The molecule has 1 amide bonds. The summed E-state index contributed by atoms with van der Waals surface area (Å²) < 4.78 is 3.54. The molecular formula is C19H23N9O. The van der Waals surface area contributed by atoms with Gasteiger partial charge in [-0.25, -0.2) is 9.67 Å². The van der Waals surface area contributed by atoms with Crippen LogP contribution < -0.4 is 10.6 Å². The van der Waals surface area contributed by atoms with Crippen molar-refractivity contribution in [2.75, 3.05) is 4.90 Å². The molecule has 1 fully saturated rings. The summed E-state index contributed by atoms with van der Waals surface area (Å²) in [6.07, 6.45) is 9.05. The van der Waals surface area contributed by atoms with Crippen LogP contribution in [0.15, 0.2) is 18.5 Å². The molecule has 0 bridgehead atoms. The Bertz CT molecular complexity index is 1080. The Labute approximate surface area is 167 Å². The predicted octanol–water partition coefficient (Wildman–Crippen LogP) is 1.86. The second-order valence-corrected chi connectivity index (χ2v) is 7.60. The lowest BCUT2D eigenvalue weighted by Crippen LogP contribution is -2.42. The molecule has 0 saturated heterocycles. The third-order valence-corrected chi connectivity index (χ3v) is 5.86. The Morgan fingerprint density at radius 2 is 2.07 bits per heavy atom. The van der Waals surface area contributed by atoms with Crippen LogP contribution in [0.5, 0.6) is 0 Å². The van der Waals surface area contributed by atoms with Crippen LogP contribution in [-0.2, 0) is 0 Å². The summed E-state index contributed by atoms with van der Waals surface area (Å²) in [4.78, 5) is 23.2. The molecule has 2 N–H and O–H groups in total. The van der Waals surface area contributed by atoms with E-state index >= 15 is 0 Å². The Morgan fingerprint density at radius 3 is 2.76 bits per heavy atom. The first-order valence-corrected chi connectivity index (χ1v) is 10.0. The van der Waals surface area contributed by atoms with Crippen LogP contribution in [0.4, 0.5) is 5.82 Å². The largest absolute Gasteiger partial charge is 0.364 e. The molecule has 10 nitrogen and oxygen atoms in total. The highest BCUT2D eigenvalue weighted by Gasteiger charge is 2.39. The van der Waals surface area contributed by atoms with E-state index in [0.29, 0.717) is 12.0 Å². The van der Waals surface area contributed by atoms with Gasteiger partial charge in [0.2, 0.25) is 0 Å². The zero-order valence-corrected chi connectivity index (χ0v) is 16.5. The SMILES string of the molecule is CC[C@@H]1c2nnc(C)n2-c2cnc(-n3ccc(C(N)=O)n3)nc2N1C1CCCC1. The van der Waals surface area contributed by atoms with Crippen molar-refractivity contribution in [3.63, 3.8) is 0 Å². The molecule has 0 aromatic carbocycles. The number of fused-ring (bicyclic) bond motifs is 3. The minimum Gasteiger partial charge on any atom is -0.364 e. The number of hydrogen-bond acceptors (Lipinski definition) is 7. The zero-order chi connectivity index (χ0) is 20.1. The molecule has 0 unspecified atom stereocenters. The van der Waals surface area contributed by atoms with Gasteiger partial charge in [0.25, 0.3) is 11.9 Å². The smallest absolute Gasteiger partial charge is 0.269 e. The zero-order valence-electron chi connectivity index (χ0n) is 16.5. The highest BCUT2D eigenvalue weighted by Crippen LogP contribution is 2.43. The van der Waals surface area contributed by atoms with Crippen LogP contribution >= 0.6 is 0 Å². The number of hydrogen-bond donors (Lipinski definition) is 1. The van der Waals surface area contributed by atoms with E-state index in [-0.39, 0.29) is 11.7 Å². The fourth-order valence-electron chi connectivity index (χ4n) is 4.54. The number of primary amides is 1. The maximum absolute atomic E-state index is 11.4. The van der Waals surface area contributed by atoms with Gasteiger partial charge < -0.3 is 10.6 Å². The third-order valence-electron chi connectivity index (χ3n) is 5.86. The first-order valence-electron chi connectivity index (χ1n) is 10.0. The molecule has 1 aliphatic carbocycles. The summed E-state index contributed by atoms with van der Waals surface area (Å²) in [5.41, 5.74) is 6.40. The molecule has 2 aliphatic rings. The molecule has 29 heavy (non-hydrogen) atoms. The van der Waals surface area contributed by atoms with Crippen molar-refractivity contribution < 1.29 is 4.79 Å². The lowest BCUT2D eigenvalue weighted by atomic mass is 10.0. The van der Waals surface area contributed by atoms with Gasteiger partial charge in [0, 0.05) is 12.2 Å². The molecule has 150 valence electrons. The fourth-order valence-corrected chi connectivity index (χ4v) is 4.54. The molecule has 1 saturated carbocycles. The predicted molar refractivity (Wildman–Crippen MR) is 105 cm³/mol. The number of aromatic nitrogens is 7. The van der Waals surface area contributed by atoms with Crippen LogP contribution in [0.2, 0.25) is 0 Å². The quantitative estimate of drug-likeness (QED) is 0.718. The highest BCUT2D eigenvalue weighted by molar-refractivity contribution is 5.90. The molecule has 1 atom stereocenters. The summed E-state index contributed by atoms with van der Waals surface area (Å²) in [6.45, 7) is 4.11. The number of nitrogens with two attached hydrogens (primary N) is 1. The second kappa shape index (κ2) is 6.64.